The zero-order valence-corrected chi connectivity index (χ0v) is 5.87. The van der Waals surface area contributed by atoms with Crippen LogP contribution in [0.1, 0.15) is 13.3 Å². The molecule has 0 aliphatic carbocycles. The summed E-state index contributed by atoms with van der Waals surface area (Å²) in [5.74, 6) is 0. The minimum atomic E-state index is -0.477. The van der Waals surface area contributed by atoms with Gasteiger partial charge in [-0.05, 0) is 13.5 Å². The summed E-state index contributed by atoms with van der Waals surface area (Å²) < 4.78 is 0. The van der Waals surface area contributed by atoms with E-state index in [0.717, 1.165) is 6.29 Å². The van der Waals surface area contributed by atoms with Gasteiger partial charge in [0, 0.05) is 0 Å². The van der Waals surface area contributed by atoms with E-state index in [1.165, 1.54) is 0 Å². The fourth-order valence-corrected chi connectivity index (χ4v) is 0.551. The summed E-state index contributed by atoms with van der Waals surface area (Å²) in [5.41, 5.74) is 0. The van der Waals surface area contributed by atoms with Gasteiger partial charge in [-0.15, -0.1) is 0 Å². The van der Waals surface area contributed by atoms with Crippen molar-refractivity contribution in [2.45, 2.75) is 19.6 Å². The molecular weight excluding hydrogens is 118 g/mol. The van der Waals surface area contributed by atoms with Crippen LogP contribution in [0, 0.1) is 0 Å². The van der Waals surface area contributed by atoms with Crippen LogP contribution in [0.3, 0.4) is 0 Å². The Labute approximate surface area is 55.3 Å². The molecule has 0 radical (unpaired) electrons. The normalized spacial score (nSPS) is 13.8. The summed E-state index contributed by atoms with van der Waals surface area (Å²) in [6.45, 7) is 2.17. The predicted octanol–water partition coefficient (Wildman–Crippen LogP) is -0.155. The first-order valence-corrected chi connectivity index (χ1v) is 3.04. The van der Waals surface area contributed by atoms with Crippen molar-refractivity contribution in [2.24, 2.45) is 0 Å². The number of hydrogen-bond donors (Lipinski definition) is 1. The van der Waals surface area contributed by atoms with Crippen LogP contribution in [0.15, 0.2) is 0 Å². The van der Waals surface area contributed by atoms with Crippen LogP contribution in [-0.2, 0) is 4.79 Å². The molecule has 0 aromatic rings. The van der Waals surface area contributed by atoms with E-state index in [-0.39, 0.29) is 0 Å². The number of aliphatic hydroxyl groups is 1. The maximum atomic E-state index is 9.88. The van der Waals surface area contributed by atoms with Gasteiger partial charge in [0.25, 0.3) is 0 Å². The summed E-state index contributed by atoms with van der Waals surface area (Å²) >= 11 is 0. The molecule has 0 saturated heterocycles. The van der Waals surface area contributed by atoms with Crippen LogP contribution < -0.4 is 0 Å². The topological polar surface area (TPSA) is 40.5 Å². The number of carbonyl (C=O) groups is 1. The summed E-state index contributed by atoms with van der Waals surface area (Å²) in [7, 11) is 1.71. The van der Waals surface area contributed by atoms with E-state index in [1.807, 2.05) is 6.92 Å². The second-order valence-electron chi connectivity index (χ2n) is 2.00. The second-order valence-corrected chi connectivity index (χ2v) is 2.00. The molecule has 0 aliphatic rings. The summed E-state index contributed by atoms with van der Waals surface area (Å²) in [4.78, 5) is 11.5. The first-order chi connectivity index (χ1) is 4.22. The summed E-state index contributed by atoms with van der Waals surface area (Å²) in [5, 5.41) is 9.02. The Morgan fingerprint density at radius 2 is 2.33 bits per heavy atom. The molecule has 1 unspecified atom stereocenters. The molecule has 9 heavy (non-hydrogen) atoms. The van der Waals surface area contributed by atoms with Crippen LogP contribution in [0.2, 0.25) is 0 Å². The van der Waals surface area contributed by atoms with Crippen molar-refractivity contribution in [1.82, 2.24) is 4.90 Å². The average molecular weight is 131 g/mol. The first kappa shape index (κ1) is 8.59. The molecule has 54 valence electrons. The molecule has 0 aliphatic heterocycles. The van der Waals surface area contributed by atoms with Gasteiger partial charge in [-0.25, -0.2) is 0 Å². The molecule has 0 rings (SSSR count). The molecule has 0 saturated carbocycles. The van der Waals surface area contributed by atoms with Crippen molar-refractivity contribution >= 4 is 6.29 Å². The highest BCUT2D eigenvalue weighted by Gasteiger charge is 2.05. The first-order valence-electron chi connectivity index (χ1n) is 3.04. The molecule has 0 spiro atoms. The van der Waals surface area contributed by atoms with Crippen molar-refractivity contribution in [3.8, 4) is 0 Å². The van der Waals surface area contributed by atoms with E-state index in [1.54, 1.807) is 11.9 Å². The minimum absolute atomic E-state index is 0.301. The van der Waals surface area contributed by atoms with E-state index in [2.05, 4.69) is 0 Å². The van der Waals surface area contributed by atoms with Crippen LogP contribution in [0.25, 0.3) is 0 Å². The van der Waals surface area contributed by atoms with E-state index in [4.69, 9.17) is 5.11 Å². The van der Waals surface area contributed by atoms with E-state index in [9.17, 15) is 4.79 Å². The number of aliphatic hydroxyl groups excluding tert-OH is 1. The van der Waals surface area contributed by atoms with Gasteiger partial charge in [-0.2, -0.15) is 0 Å². The average Bonchev–Trinajstić information content (AvgIpc) is 1.87. The van der Waals surface area contributed by atoms with Crippen LogP contribution >= 0.6 is 0 Å². The molecule has 0 aromatic carbocycles. The number of nitrogens with zero attached hydrogens (tertiary/aromatic N) is 1. The van der Waals surface area contributed by atoms with Gasteiger partial charge in [0.1, 0.15) is 12.5 Å². The van der Waals surface area contributed by atoms with E-state index in [0.29, 0.717) is 13.0 Å². The quantitative estimate of drug-likeness (QED) is 0.426. The second kappa shape index (κ2) is 4.47. The molecular formula is C6H13NO2. The Bertz CT molecular complexity index is 85.1. The van der Waals surface area contributed by atoms with Crippen molar-refractivity contribution < 1.29 is 9.90 Å². The predicted molar refractivity (Wildman–Crippen MR) is 35.0 cm³/mol. The molecule has 0 heterocycles. The lowest BCUT2D eigenvalue weighted by atomic mass is 10.4. The zero-order valence-electron chi connectivity index (χ0n) is 5.87. The van der Waals surface area contributed by atoms with Crippen LogP contribution in [0.4, 0.5) is 0 Å². The fraction of sp³-hybridized carbons (Fsp3) is 0.833. The Morgan fingerprint density at radius 3 is 2.67 bits per heavy atom. The highest BCUT2D eigenvalue weighted by Crippen LogP contribution is 1.93. The monoisotopic (exact) mass is 131 g/mol. The highest BCUT2D eigenvalue weighted by molar-refractivity contribution is 5.51. The molecule has 0 fully saturated rings. The Kier molecular flexibility index (Phi) is 4.26. The number of carbonyl (C=O) groups excluding carboxylic acids is 1. The lowest BCUT2D eigenvalue weighted by Gasteiger charge is -2.18. The number of hydrogen-bond acceptors (Lipinski definition) is 3. The van der Waals surface area contributed by atoms with Gasteiger partial charge in [-0.1, -0.05) is 6.92 Å². The van der Waals surface area contributed by atoms with Gasteiger partial charge in [0.2, 0.25) is 0 Å². The third-order valence-electron chi connectivity index (χ3n) is 1.24. The number of rotatable bonds is 4. The standard InChI is InChI=1S/C6H13NO2/c1-3-6(9)7(2)4-5-8/h5-6,9H,3-4H2,1-2H3. The Balaban J connectivity index is 3.44. The van der Waals surface area contributed by atoms with Crippen molar-refractivity contribution in [1.29, 1.82) is 0 Å². The molecule has 0 aromatic heterocycles. The largest absolute Gasteiger partial charge is 0.378 e. The molecule has 1 N–H and O–H groups in total. The van der Waals surface area contributed by atoms with Gasteiger partial charge in [0.05, 0.1) is 6.54 Å². The molecule has 3 nitrogen and oxygen atoms in total. The maximum absolute atomic E-state index is 9.88. The van der Waals surface area contributed by atoms with Crippen LogP contribution in [0.5, 0.6) is 0 Å². The third-order valence-corrected chi connectivity index (χ3v) is 1.24. The molecule has 0 bridgehead atoms. The van der Waals surface area contributed by atoms with Gasteiger partial charge >= 0.3 is 0 Å². The number of likely N-dealkylation sites (N-methyl/N-ethyl adjacent to an activating group) is 1. The smallest absolute Gasteiger partial charge is 0.134 e. The zero-order chi connectivity index (χ0) is 7.28. The number of aldehydes is 1. The minimum Gasteiger partial charge on any atom is -0.378 e. The fourth-order valence-electron chi connectivity index (χ4n) is 0.551. The van der Waals surface area contributed by atoms with E-state index < -0.39 is 6.23 Å². The highest BCUT2D eigenvalue weighted by atomic mass is 16.3. The molecule has 1 atom stereocenters. The van der Waals surface area contributed by atoms with Crippen molar-refractivity contribution in [3.63, 3.8) is 0 Å². The molecule has 0 amide bonds. The van der Waals surface area contributed by atoms with Gasteiger partial charge in [-0.3, -0.25) is 4.90 Å². The van der Waals surface area contributed by atoms with Gasteiger partial charge in [0.15, 0.2) is 0 Å². The van der Waals surface area contributed by atoms with E-state index >= 15 is 0 Å². The summed E-state index contributed by atoms with van der Waals surface area (Å²) in [6, 6.07) is 0. The lowest BCUT2D eigenvalue weighted by molar-refractivity contribution is -0.111. The Morgan fingerprint density at radius 1 is 1.78 bits per heavy atom. The van der Waals surface area contributed by atoms with Gasteiger partial charge < -0.3 is 9.90 Å². The third kappa shape index (κ3) is 3.21. The van der Waals surface area contributed by atoms with Crippen molar-refractivity contribution in [3.05, 3.63) is 0 Å². The maximum Gasteiger partial charge on any atom is 0.134 e. The SMILES string of the molecule is CCC(O)N(C)CC=O. The Hall–Kier alpha value is -0.410. The molecule has 3 heteroatoms. The van der Waals surface area contributed by atoms with Crippen LogP contribution in [-0.4, -0.2) is 36.1 Å². The van der Waals surface area contributed by atoms with Crippen molar-refractivity contribution in [2.75, 3.05) is 13.6 Å². The lowest BCUT2D eigenvalue weighted by Crippen LogP contribution is -2.32. The summed E-state index contributed by atoms with van der Waals surface area (Å²) in [6.07, 6.45) is 0.957.